The number of benzene rings is 2. The minimum atomic E-state index is 0. The third-order valence-electron chi connectivity index (χ3n) is 3.35. The summed E-state index contributed by atoms with van der Waals surface area (Å²) < 4.78 is 0. The zero-order chi connectivity index (χ0) is 16.7. The number of rotatable bonds is 0. The molecule has 0 aliphatic rings. The van der Waals surface area contributed by atoms with E-state index >= 15 is 0 Å². The number of fused-ring (bicyclic) bond motifs is 3. The monoisotopic (exact) mass is 430 g/mol. The molecule has 0 N–H and O–H groups in total. The van der Waals surface area contributed by atoms with Gasteiger partial charge in [-0.05, 0) is 0 Å². The molecule has 130 valence electrons. The second-order valence-electron chi connectivity index (χ2n) is 5.78. The molecule has 25 heavy (non-hydrogen) atoms. The largest absolute Gasteiger partial charge is 1.00 e. The van der Waals surface area contributed by atoms with Crippen molar-refractivity contribution in [3.8, 4) is 0 Å². The minimum Gasteiger partial charge on any atom is -1.00 e. The first-order valence-corrected chi connectivity index (χ1v) is 14.0. The summed E-state index contributed by atoms with van der Waals surface area (Å²) in [5.41, 5.74) is 1.55. The van der Waals surface area contributed by atoms with Crippen LogP contribution < -0.4 is 9.41 Å². The predicted molar refractivity (Wildman–Crippen MR) is 101 cm³/mol. The summed E-state index contributed by atoms with van der Waals surface area (Å²) in [4.78, 5) is 0. The molecule has 4 aromatic rings. The Morgan fingerprint density at radius 3 is 1.56 bits per heavy atom. The van der Waals surface area contributed by atoms with Gasteiger partial charge in [-0.2, -0.15) is 18.2 Å². The molecule has 4 heteroatoms. The predicted octanol–water partition coefficient (Wildman–Crippen LogP) is 0.218. The van der Waals surface area contributed by atoms with Gasteiger partial charge in [0.1, 0.15) is 0 Å². The zero-order valence-electron chi connectivity index (χ0n) is 14.8. The Labute approximate surface area is 163 Å². The molecule has 0 unspecified atom stereocenters. The van der Waals surface area contributed by atoms with Crippen molar-refractivity contribution in [3.63, 3.8) is 0 Å². The minimum absolute atomic E-state index is 0. The van der Waals surface area contributed by atoms with Crippen molar-refractivity contribution < 1.29 is 32.7 Å². The van der Waals surface area contributed by atoms with Crippen LogP contribution in [0.15, 0.2) is 78.9 Å². The Bertz CT molecular complexity index is 825. The molecule has 0 spiro atoms. The summed E-state index contributed by atoms with van der Waals surface area (Å²) in [6, 6.07) is 27.5. The average Bonchev–Trinajstić information content (AvgIpc) is 3.13. The van der Waals surface area contributed by atoms with Gasteiger partial charge in [0.15, 0.2) is 0 Å². The second kappa shape index (κ2) is 12.1. The summed E-state index contributed by atoms with van der Waals surface area (Å²) in [5.74, 6) is 0. The summed E-state index contributed by atoms with van der Waals surface area (Å²) >= 11 is 1.74. The quantitative estimate of drug-likeness (QED) is 0.276. The molecule has 0 fully saturated rings. The fourth-order valence-corrected chi connectivity index (χ4v) is 2.37. The summed E-state index contributed by atoms with van der Waals surface area (Å²) in [5, 5.41) is 5.39. The maximum Gasteiger partial charge on any atom is -0.0771 e. The van der Waals surface area contributed by atoms with Crippen molar-refractivity contribution in [2.45, 2.75) is 20.0 Å². The van der Waals surface area contributed by atoms with Gasteiger partial charge in [-0.3, -0.25) is 0 Å². The van der Waals surface area contributed by atoms with E-state index in [2.05, 4.69) is 86.7 Å². The molecule has 0 aliphatic heterocycles. The van der Waals surface area contributed by atoms with Gasteiger partial charge >= 0.3 is 41.9 Å². The summed E-state index contributed by atoms with van der Waals surface area (Å²) in [6.07, 6.45) is 0. The van der Waals surface area contributed by atoms with Crippen LogP contribution in [0, 0.1) is 6.92 Å². The van der Waals surface area contributed by atoms with E-state index < -0.39 is 0 Å². The van der Waals surface area contributed by atoms with Gasteiger partial charge in [0.25, 0.3) is 0 Å². The summed E-state index contributed by atoms with van der Waals surface area (Å²) in [7, 11) is 0. The fourth-order valence-electron chi connectivity index (χ4n) is 2.37. The molecule has 4 rings (SSSR count). The topological polar surface area (TPSA) is 0 Å². The third-order valence-corrected chi connectivity index (χ3v) is 3.35. The van der Waals surface area contributed by atoms with Gasteiger partial charge in [0.2, 0.25) is 0 Å². The maximum absolute atomic E-state index is 2.31. The molecule has 0 radical (unpaired) electrons. The van der Waals surface area contributed by atoms with Crippen LogP contribution in [0.2, 0.25) is 13.1 Å². The molecule has 0 amide bonds. The Balaban J connectivity index is 0.000000410. The third kappa shape index (κ3) is 7.58. The molecule has 0 nitrogen and oxygen atoms in total. The van der Waals surface area contributed by atoms with Crippen LogP contribution >= 0.6 is 0 Å². The van der Waals surface area contributed by atoms with Gasteiger partial charge < -0.3 is 9.41 Å². The van der Waals surface area contributed by atoms with Crippen molar-refractivity contribution in [1.82, 2.24) is 0 Å². The Morgan fingerprint density at radius 1 is 0.800 bits per heavy atom. The number of aryl methyl sites for hydroxylation is 1. The SMILES string of the molecule is C[Si](C)=[Zr+2].Cc1cc[cH-]c1.[F-].[F-].c1ccc2c(c1)[cH-]c1ccccc12. The van der Waals surface area contributed by atoms with E-state index in [4.69, 9.17) is 0 Å². The van der Waals surface area contributed by atoms with Gasteiger partial charge in [0, 0.05) is 0 Å². The Morgan fingerprint density at radius 2 is 1.24 bits per heavy atom. The molecule has 0 saturated heterocycles. The van der Waals surface area contributed by atoms with E-state index in [9.17, 15) is 0 Å². The number of halogens is 2. The van der Waals surface area contributed by atoms with Crippen LogP contribution in [0.1, 0.15) is 5.56 Å². The molecular weight excluding hydrogens is 410 g/mol. The molecule has 0 atom stereocenters. The first-order valence-electron chi connectivity index (χ1n) is 7.81. The molecule has 0 heterocycles. The maximum atomic E-state index is 2.31. The summed E-state index contributed by atoms with van der Waals surface area (Å²) in [6.45, 7) is 6.70. The van der Waals surface area contributed by atoms with E-state index in [0.29, 0.717) is 0 Å². The van der Waals surface area contributed by atoms with E-state index in [1.165, 1.54) is 27.1 Å². The smallest absolute Gasteiger partial charge is 0.0771 e. The first kappa shape index (κ1) is 23.6. The van der Waals surface area contributed by atoms with Crippen molar-refractivity contribution in [2.75, 3.05) is 0 Å². The average molecular weight is 432 g/mol. The van der Waals surface area contributed by atoms with E-state index in [1.807, 2.05) is 12.1 Å². The van der Waals surface area contributed by atoms with E-state index in [-0.39, 0.29) is 14.8 Å². The van der Waals surface area contributed by atoms with Crippen molar-refractivity contribution in [3.05, 3.63) is 84.4 Å². The molecule has 0 aromatic heterocycles. The fraction of sp³-hybridized carbons (Fsp3) is 0.143. The van der Waals surface area contributed by atoms with Crippen molar-refractivity contribution in [1.29, 1.82) is 0 Å². The van der Waals surface area contributed by atoms with Gasteiger partial charge in [-0.1, -0.05) is 43.3 Å². The molecule has 0 aliphatic carbocycles. The van der Waals surface area contributed by atoms with Crippen LogP contribution in [0.4, 0.5) is 0 Å². The van der Waals surface area contributed by atoms with Crippen molar-refractivity contribution in [2.24, 2.45) is 0 Å². The molecule has 0 bridgehead atoms. The van der Waals surface area contributed by atoms with Gasteiger partial charge in [-0.25, -0.2) is 11.6 Å². The van der Waals surface area contributed by atoms with Crippen LogP contribution in [-0.4, -0.2) is 5.43 Å². The standard InChI is InChI=1S/C13H9.C6H7.C2H6Si.2FH.Zr/c1-3-7-12-10(5-1)9-11-6-2-4-8-13(11)12;1-6-4-2-3-5-6;1-3-2;;;/h1-9H;2-5H,1H3;1-2H3;2*1H;/q2*-1;;;;+2/p-2. The zero-order valence-corrected chi connectivity index (χ0v) is 18.2. The normalized spacial score (nSPS) is 9.00. The number of hydrogen-bond acceptors (Lipinski definition) is 0. The molecule has 0 saturated carbocycles. The Kier molecular flexibility index (Phi) is 11.4. The van der Waals surface area contributed by atoms with Crippen LogP contribution in [0.5, 0.6) is 0 Å². The van der Waals surface area contributed by atoms with Gasteiger partial charge in [0.05, 0.1) is 0 Å². The van der Waals surface area contributed by atoms with E-state index in [0.717, 1.165) is 0 Å². The van der Waals surface area contributed by atoms with Crippen LogP contribution in [0.3, 0.4) is 0 Å². The van der Waals surface area contributed by atoms with Gasteiger partial charge in [-0.15, -0.1) is 39.7 Å². The first-order chi connectivity index (χ1) is 11.1. The molecule has 4 aromatic carbocycles. The van der Waals surface area contributed by atoms with Crippen molar-refractivity contribution >= 4 is 27.0 Å². The van der Waals surface area contributed by atoms with Crippen LogP contribution in [-0.2, 0) is 23.3 Å². The molecular formula is C21H22F2SiZr-2. The Hall–Kier alpha value is -1.38. The van der Waals surface area contributed by atoms with Crippen LogP contribution in [0.25, 0.3) is 21.5 Å². The number of hydrogen-bond donors (Lipinski definition) is 0. The van der Waals surface area contributed by atoms with E-state index in [1.54, 1.807) is 23.3 Å². The second-order valence-corrected chi connectivity index (χ2v) is 15.2.